The van der Waals surface area contributed by atoms with Gasteiger partial charge in [0, 0.05) is 18.3 Å². The molecule has 0 aliphatic carbocycles. The topological polar surface area (TPSA) is 77.5 Å². The van der Waals surface area contributed by atoms with Gasteiger partial charge >= 0.3 is 0 Å². The zero-order valence-electron chi connectivity index (χ0n) is 10.1. The van der Waals surface area contributed by atoms with Gasteiger partial charge in [0.25, 0.3) is 5.91 Å². The molecule has 1 amide bonds. The number of amides is 1. The molecule has 0 fully saturated rings. The van der Waals surface area contributed by atoms with E-state index >= 15 is 0 Å². The molecule has 2 rings (SSSR count). The van der Waals surface area contributed by atoms with Crippen LogP contribution in [0.25, 0.3) is 0 Å². The molecule has 0 bridgehead atoms. The van der Waals surface area contributed by atoms with Crippen LogP contribution in [0.4, 0.5) is 5.69 Å². The number of anilines is 1. The minimum Gasteiger partial charge on any atom is -0.492 e. The van der Waals surface area contributed by atoms with Crippen LogP contribution in [0.5, 0.6) is 5.75 Å². The molecule has 0 radical (unpaired) electrons. The lowest BCUT2D eigenvalue weighted by Crippen LogP contribution is -2.12. The molecule has 1 aromatic carbocycles. The molecule has 0 unspecified atom stereocenters. The summed E-state index contributed by atoms with van der Waals surface area (Å²) in [5, 5.41) is 2.76. The SMILES string of the molecule is NCCOc1cccc(NC(=O)c2ccoc2Br)c1. The van der Waals surface area contributed by atoms with Crippen molar-refractivity contribution in [2.24, 2.45) is 5.73 Å². The van der Waals surface area contributed by atoms with E-state index < -0.39 is 0 Å². The van der Waals surface area contributed by atoms with Crippen LogP contribution in [0.1, 0.15) is 10.4 Å². The zero-order valence-corrected chi connectivity index (χ0v) is 11.6. The van der Waals surface area contributed by atoms with E-state index in [2.05, 4.69) is 21.2 Å². The summed E-state index contributed by atoms with van der Waals surface area (Å²) in [6, 6.07) is 8.71. The van der Waals surface area contributed by atoms with Crippen molar-refractivity contribution in [1.82, 2.24) is 0 Å². The lowest BCUT2D eigenvalue weighted by molar-refractivity contribution is 0.102. The highest BCUT2D eigenvalue weighted by molar-refractivity contribution is 9.10. The number of carbonyl (C=O) groups excluding carboxylic acids is 1. The highest BCUT2D eigenvalue weighted by Crippen LogP contribution is 2.21. The fourth-order valence-corrected chi connectivity index (χ4v) is 1.91. The number of nitrogens with one attached hydrogen (secondary N) is 1. The summed E-state index contributed by atoms with van der Waals surface area (Å²) in [5.74, 6) is 0.408. The Morgan fingerprint density at radius 1 is 1.42 bits per heavy atom. The van der Waals surface area contributed by atoms with Gasteiger partial charge in [0.15, 0.2) is 4.67 Å². The van der Waals surface area contributed by atoms with Gasteiger partial charge in [0.1, 0.15) is 12.4 Å². The lowest BCUT2D eigenvalue weighted by atomic mass is 10.2. The van der Waals surface area contributed by atoms with E-state index in [9.17, 15) is 4.79 Å². The standard InChI is InChI=1S/C13H13BrN2O3/c14-12-11(4-6-19-12)13(17)16-9-2-1-3-10(8-9)18-7-5-15/h1-4,6,8H,5,7,15H2,(H,16,17). The Hall–Kier alpha value is -1.79. The summed E-state index contributed by atoms with van der Waals surface area (Å²) >= 11 is 3.16. The number of ether oxygens (including phenoxy) is 1. The van der Waals surface area contributed by atoms with Crippen LogP contribution in [0, 0.1) is 0 Å². The third-order valence-electron chi connectivity index (χ3n) is 2.34. The van der Waals surface area contributed by atoms with Gasteiger partial charge in [0.2, 0.25) is 0 Å². The minimum atomic E-state index is -0.253. The van der Waals surface area contributed by atoms with Gasteiger partial charge in [-0.15, -0.1) is 0 Å². The van der Waals surface area contributed by atoms with Crippen LogP contribution in [0.2, 0.25) is 0 Å². The third kappa shape index (κ3) is 3.59. The first-order valence-corrected chi connectivity index (χ1v) is 6.47. The summed E-state index contributed by atoms with van der Waals surface area (Å²) in [6.45, 7) is 0.878. The van der Waals surface area contributed by atoms with Gasteiger partial charge in [-0.25, -0.2) is 0 Å². The molecule has 0 saturated heterocycles. The van der Waals surface area contributed by atoms with Crippen molar-refractivity contribution < 1.29 is 13.9 Å². The van der Waals surface area contributed by atoms with Gasteiger partial charge in [-0.05, 0) is 34.1 Å². The molecule has 100 valence electrons. The first kappa shape index (κ1) is 13.6. The molecule has 0 atom stereocenters. The molecule has 5 nitrogen and oxygen atoms in total. The molecule has 0 aliphatic rings. The number of furan rings is 1. The first-order chi connectivity index (χ1) is 9.20. The monoisotopic (exact) mass is 324 g/mol. The highest BCUT2D eigenvalue weighted by Gasteiger charge is 2.12. The Morgan fingerprint density at radius 3 is 2.95 bits per heavy atom. The van der Waals surface area contributed by atoms with Crippen molar-refractivity contribution in [3.8, 4) is 5.75 Å². The van der Waals surface area contributed by atoms with Crippen LogP contribution in [0.3, 0.4) is 0 Å². The zero-order chi connectivity index (χ0) is 13.7. The number of carbonyl (C=O) groups is 1. The van der Waals surface area contributed by atoms with Gasteiger partial charge in [0.05, 0.1) is 11.8 Å². The highest BCUT2D eigenvalue weighted by atomic mass is 79.9. The Labute approximate surface area is 118 Å². The summed E-state index contributed by atoms with van der Waals surface area (Å²) in [6.07, 6.45) is 1.44. The predicted octanol–water partition coefficient (Wildman–Crippen LogP) is 2.63. The number of hydrogen-bond acceptors (Lipinski definition) is 4. The van der Waals surface area contributed by atoms with Crippen molar-refractivity contribution in [3.63, 3.8) is 0 Å². The van der Waals surface area contributed by atoms with E-state index in [1.807, 2.05) is 0 Å². The summed E-state index contributed by atoms with van der Waals surface area (Å²) in [4.78, 5) is 12.0. The second kappa shape index (κ2) is 6.40. The summed E-state index contributed by atoms with van der Waals surface area (Å²) < 4.78 is 10.8. The van der Waals surface area contributed by atoms with Crippen molar-refractivity contribution in [1.29, 1.82) is 0 Å². The average molecular weight is 325 g/mol. The van der Waals surface area contributed by atoms with E-state index in [1.54, 1.807) is 30.3 Å². The Kier molecular flexibility index (Phi) is 4.59. The van der Waals surface area contributed by atoms with E-state index in [1.165, 1.54) is 6.26 Å². The number of nitrogens with two attached hydrogens (primary N) is 1. The smallest absolute Gasteiger partial charge is 0.260 e. The lowest BCUT2D eigenvalue weighted by Gasteiger charge is -2.08. The average Bonchev–Trinajstić information content (AvgIpc) is 2.83. The molecule has 6 heteroatoms. The van der Waals surface area contributed by atoms with Crippen molar-refractivity contribution in [3.05, 3.63) is 46.8 Å². The van der Waals surface area contributed by atoms with E-state index in [-0.39, 0.29) is 5.91 Å². The second-order valence-corrected chi connectivity index (χ2v) is 4.45. The van der Waals surface area contributed by atoms with Gasteiger partial charge in [-0.2, -0.15) is 0 Å². The maximum absolute atomic E-state index is 12.0. The Morgan fingerprint density at radius 2 is 2.26 bits per heavy atom. The predicted molar refractivity (Wildman–Crippen MR) is 75.4 cm³/mol. The second-order valence-electron chi connectivity index (χ2n) is 3.73. The Balaban J connectivity index is 2.07. The van der Waals surface area contributed by atoms with Crippen LogP contribution >= 0.6 is 15.9 Å². The number of benzene rings is 1. The normalized spacial score (nSPS) is 10.2. The number of hydrogen-bond donors (Lipinski definition) is 2. The molecule has 1 aromatic heterocycles. The molecule has 0 saturated carbocycles. The molecular formula is C13H13BrN2O3. The maximum Gasteiger partial charge on any atom is 0.260 e. The third-order valence-corrected chi connectivity index (χ3v) is 2.96. The maximum atomic E-state index is 12.0. The molecule has 0 spiro atoms. The number of rotatable bonds is 5. The Bertz CT molecular complexity index is 569. The molecule has 0 aliphatic heterocycles. The minimum absolute atomic E-state index is 0.253. The van der Waals surface area contributed by atoms with Crippen LogP contribution in [-0.4, -0.2) is 19.1 Å². The van der Waals surface area contributed by atoms with E-state index in [0.29, 0.717) is 34.8 Å². The van der Waals surface area contributed by atoms with Gasteiger partial charge in [-0.3, -0.25) is 4.79 Å². The van der Waals surface area contributed by atoms with E-state index in [4.69, 9.17) is 14.9 Å². The van der Waals surface area contributed by atoms with Crippen LogP contribution < -0.4 is 15.8 Å². The van der Waals surface area contributed by atoms with Crippen LogP contribution in [-0.2, 0) is 0 Å². The molecule has 2 aromatic rings. The molecule has 1 heterocycles. The van der Waals surface area contributed by atoms with Crippen molar-refractivity contribution in [2.45, 2.75) is 0 Å². The summed E-state index contributed by atoms with van der Waals surface area (Å²) in [5.41, 5.74) is 6.45. The molecule has 3 N–H and O–H groups in total. The molecule has 19 heavy (non-hydrogen) atoms. The van der Waals surface area contributed by atoms with Crippen molar-refractivity contribution in [2.75, 3.05) is 18.5 Å². The van der Waals surface area contributed by atoms with Gasteiger partial charge < -0.3 is 20.2 Å². The van der Waals surface area contributed by atoms with Crippen LogP contribution in [0.15, 0.2) is 45.7 Å². The van der Waals surface area contributed by atoms with Crippen molar-refractivity contribution >= 4 is 27.5 Å². The van der Waals surface area contributed by atoms with E-state index in [0.717, 1.165) is 0 Å². The molecular weight excluding hydrogens is 312 g/mol. The van der Waals surface area contributed by atoms with Gasteiger partial charge in [-0.1, -0.05) is 6.07 Å². The largest absolute Gasteiger partial charge is 0.492 e. The fraction of sp³-hybridized carbons (Fsp3) is 0.154. The fourth-order valence-electron chi connectivity index (χ4n) is 1.49. The summed E-state index contributed by atoms with van der Waals surface area (Å²) in [7, 11) is 0. The quantitative estimate of drug-likeness (QED) is 0.886. The first-order valence-electron chi connectivity index (χ1n) is 5.68. The number of halogens is 1.